The van der Waals surface area contributed by atoms with Crippen LogP contribution in [0.15, 0.2) is 18.2 Å². The molecule has 0 aromatic heterocycles. The van der Waals surface area contributed by atoms with Gasteiger partial charge in [-0.2, -0.15) is 0 Å². The Balaban J connectivity index is 2.86. The topological polar surface area (TPSA) is 46.2 Å². The third-order valence-electron chi connectivity index (χ3n) is 1.96. The molecule has 0 radical (unpaired) electrons. The lowest BCUT2D eigenvalue weighted by Crippen LogP contribution is -2.22. The molecule has 1 aromatic rings. The van der Waals surface area contributed by atoms with Crippen molar-refractivity contribution in [1.29, 1.82) is 0 Å². The van der Waals surface area contributed by atoms with Gasteiger partial charge < -0.3 is 0 Å². The van der Waals surface area contributed by atoms with E-state index in [2.05, 4.69) is 4.72 Å². The van der Waals surface area contributed by atoms with Gasteiger partial charge >= 0.3 is 0 Å². The minimum Gasteiger partial charge on any atom is -0.281 e. The van der Waals surface area contributed by atoms with Gasteiger partial charge in [0.2, 0.25) is 10.0 Å². The molecule has 96 valence electrons. The Morgan fingerprint density at radius 3 is 2.71 bits per heavy atom. The maximum absolute atomic E-state index is 13.3. The largest absolute Gasteiger partial charge is 0.281 e. The highest BCUT2D eigenvalue weighted by molar-refractivity contribution is 7.92. The van der Waals surface area contributed by atoms with Crippen LogP contribution in [0.5, 0.6) is 0 Å². The van der Waals surface area contributed by atoms with Crippen molar-refractivity contribution in [3.8, 4) is 0 Å². The van der Waals surface area contributed by atoms with Crippen LogP contribution in [0, 0.1) is 11.7 Å². The molecule has 0 saturated heterocycles. The van der Waals surface area contributed by atoms with Crippen molar-refractivity contribution in [2.24, 2.45) is 5.92 Å². The minimum atomic E-state index is -3.62. The second-order valence-corrected chi connectivity index (χ2v) is 6.28. The van der Waals surface area contributed by atoms with Gasteiger partial charge in [-0.25, -0.2) is 12.8 Å². The number of alkyl halides is 1. The first-order valence-electron chi connectivity index (χ1n) is 4.85. The molecule has 0 heterocycles. The third kappa shape index (κ3) is 4.69. The predicted molar refractivity (Wildman–Crippen MR) is 68.7 cm³/mol. The summed E-state index contributed by atoms with van der Waals surface area (Å²) in [6, 6.07) is 3.67. The fourth-order valence-electron chi connectivity index (χ4n) is 1.20. The van der Waals surface area contributed by atoms with E-state index in [1.165, 1.54) is 12.1 Å². The Morgan fingerprint density at radius 2 is 2.12 bits per heavy atom. The highest BCUT2D eigenvalue weighted by Crippen LogP contribution is 2.21. The second-order valence-electron chi connectivity index (χ2n) is 3.77. The number of halogens is 3. The minimum absolute atomic E-state index is 0.153. The van der Waals surface area contributed by atoms with Gasteiger partial charge in [0.25, 0.3) is 0 Å². The van der Waals surface area contributed by atoms with E-state index in [9.17, 15) is 12.8 Å². The van der Waals surface area contributed by atoms with E-state index >= 15 is 0 Å². The Kier molecular flexibility index (Phi) is 5.04. The number of nitrogens with one attached hydrogen (secondary N) is 1. The SMILES string of the molecule is CC(CCl)CS(=O)(=O)Nc1cc(Cl)ccc1F. The smallest absolute Gasteiger partial charge is 0.233 e. The molecule has 0 aliphatic heterocycles. The molecule has 1 rings (SSSR count). The van der Waals surface area contributed by atoms with Crippen molar-refractivity contribution in [2.45, 2.75) is 6.92 Å². The molecule has 0 amide bonds. The summed E-state index contributed by atoms with van der Waals surface area (Å²) in [4.78, 5) is 0. The van der Waals surface area contributed by atoms with Crippen molar-refractivity contribution in [3.05, 3.63) is 29.0 Å². The first kappa shape index (κ1) is 14.5. The van der Waals surface area contributed by atoms with Crippen LogP contribution in [0.25, 0.3) is 0 Å². The number of rotatable bonds is 5. The van der Waals surface area contributed by atoms with Crippen molar-refractivity contribution in [3.63, 3.8) is 0 Å². The molecule has 1 unspecified atom stereocenters. The van der Waals surface area contributed by atoms with Gasteiger partial charge in [-0.3, -0.25) is 4.72 Å². The van der Waals surface area contributed by atoms with Crippen LogP contribution < -0.4 is 4.72 Å². The molecule has 1 aromatic carbocycles. The van der Waals surface area contributed by atoms with Crippen molar-refractivity contribution >= 4 is 38.9 Å². The van der Waals surface area contributed by atoms with Gasteiger partial charge in [-0.1, -0.05) is 18.5 Å². The number of sulfonamides is 1. The van der Waals surface area contributed by atoms with E-state index < -0.39 is 15.8 Å². The first-order chi connectivity index (χ1) is 7.84. The van der Waals surface area contributed by atoms with Gasteiger partial charge in [0, 0.05) is 10.9 Å². The van der Waals surface area contributed by atoms with Crippen LogP contribution in [0.2, 0.25) is 5.02 Å². The lowest BCUT2D eigenvalue weighted by molar-refractivity contribution is 0.586. The summed E-state index contributed by atoms with van der Waals surface area (Å²) in [6.45, 7) is 1.69. The van der Waals surface area contributed by atoms with Crippen molar-refractivity contribution in [2.75, 3.05) is 16.4 Å². The molecular formula is C10H12Cl2FNO2S. The average Bonchev–Trinajstić information content (AvgIpc) is 2.22. The van der Waals surface area contributed by atoms with E-state index in [0.29, 0.717) is 0 Å². The van der Waals surface area contributed by atoms with Gasteiger partial charge in [0.1, 0.15) is 5.82 Å². The van der Waals surface area contributed by atoms with Gasteiger partial charge in [0.05, 0.1) is 11.4 Å². The fraction of sp³-hybridized carbons (Fsp3) is 0.400. The monoisotopic (exact) mass is 299 g/mol. The lowest BCUT2D eigenvalue weighted by atomic mass is 10.3. The standard InChI is InChI=1S/C10H12Cl2FNO2S/c1-7(5-11)6-17(15,16)14-10-4-8(12)2-3-9(10)13/h2-4,7,14H,5-6H2,1H3. The molecule has 7 heteroatoms. The molecule has 1 N–H and O–H groups in total. The fourth-order valence-corrected chi connectivity index (χ4v) is 3.06. The first-order valence-corrected chi connectivity index (χ1v) is 7.42. The Morgan fingerprint density at radius 1 is 1.47 bits per heavy atom. The normalized spacial score (nSPS) is 13.4. The van der Waals surface area contributed by atoms with Gasteiger partial charge in [0.15, 0.2) is 0 Å². The van der Waals surface area contributed by atoms with E-state index in [1.54, 1.807) is 6.92 Å². The summed E-state index contributed by atoms with van der Waals surface area (Å²) in [5, 5.41) is 0.259. The van der Waals surface area contributed by atoms with Gasteiger partial charge in [-0.05, 0) is 24.1 Å². The molecule has 0 aliphatic carbocycles. The molecule has 0 saturated carbocycles. The highest BCUT2D eigenvalue weighted by Gasteiger charge is 2.17. The second kappa shape index (κ2) is 5.89. The molecule has 17 heavy (non-hydrogen) atoms. The molecular weight excluding hydrogens is 288 g/mol. The van der Waals surface area contributed by atoms with Crippen LogP contribution in [0.4, 0.5) is 10.1 Å². The Labute approximate surface area is 110 Å². The molecule has 0 bridgehead atoms. The Bertz CT molecular complexity index is 493. The summed E-state index contributed by atoms with van der Waals surface area (Å²) in [5.74, 6) is -0.825. The summed E-state index contributed by atoms with van der Waals surface area (Å²) in [6.07, 6.45) is 0. The van der Waals surface area contributed by atoms with E-state index in [1.807, 2.05) is 0 Å². The zero-order valence-corrected chi connectivity index (χ0v) is 11.4. The predicted octanol–water partition coefficient (Wildman–Crippen LogP) is 3.10. The summed E-state index contributed by atoms with van der Waals surface area (Å²) < 4.78 is 38.8. The maximum Gasteiger partial charge on any atom is 0.233 e. The zero-order valence-electron chi connectivity index (χ0n) is 9.08. The van der Waals surface area contributed by atoms with Crippen LogP contribution in [0.1, 0.15) is 6.92 Å². The molecule has 1 atom stereocenters. The summed E-state index contributed by atoms with van der Waals surface area (Å²) in [5.41, 5.74) is -0.153. The zero-order chi connectivity index (χ0) is 13.1. The lowest BCUT2D eigenvalue weighted by Gasteiger charge is -2.11. The number of anilines is 1. The average molecular weight is 300 g/mol. The van der Waals surface area contributed by atoms with Gasteiger partial charge in [-0.15, -0.1) is 11.6 Å². The molecule has 0 fully saturated rings. The molecule has 3 nitrogen and oxygen atoms in total. The number of hydrogen-bond acceptors (Lipinski definition) is 2. The van der Waals surface area contributed by atoms with Crippen LogP contribution in [0.3, 0.4) is 0 Å². The Hall–Kier alpha value is -0.520. The third-order valence-corrected chi connectivity index (χ3v) is 4.26. The highest BCUT2D eigenvalue weighted by atomic mass is 35.5. The number of benzene rings is 1. The summed E-state index contributed by atoms with van der Waals surface area (Å²) in [7, 11) is -3.62. The van der Waals surface area contributed by atoms with Crippen molar-refractivity contribution < 1.29 is 12.8 Å². The van der Waals surface area contributed by atoms with E-state index in [4.69, 9.17) is 23.2 Å². The van der Waals surface area contributed by atoms with Crippen LogP contribution in [-0.2, 0) is 10.0 Å². The van der Waals surface area contributed by atoms with Crippen molar-refractivity contribution in [1.82, 2.24) is 0 Å². The van der Waals surface area contributed by atoms with Crippen LogP contribution >= 0.6 is 23.2 Å². The quantitative estimate of drug-likeness (QED) is 0.849. The van der Waals surface area contributed by atoms with E-state index in [-0.39, 0.29) is 28.3 Å². The summed E-state index contributed by atoms with van der Waals surface area (Å²) >= 11 is 11.2. The van der Waals surface area contributed by atoms with E-state index in [0.717, 1.165) is 6.07 Å². The number of hydrogen-bond donors (Lipinski definition) is 1. The van der Waals surface area contributed by atoms with Crippen LogP contribution in [-0.4, -0.2) is 20.1 Å². The molecule has 0 aliphatic rings. The maximum atomic E-state index is 13.3. The molecule has 0 spiro atoms.